The number of carbonyl (C=O) groups is 1. The van der Waals surface area contributed by atoms with Crippen LogP contribution in [0.1, 0.15) is 51.1 Å². The molecule has 0 radical (unpaired) electrons. The van der Waals surface area contributed by atoms with Gasteiger partial charge in [0, 0.05) is 36.8 Å². The minimum atomic E-state index is -0.205. The molecule has 0 N–H and O–H groups in total. The molecule has 2 aromatic heterocycles. The zero-order valence-electron chi connectivity index (χ0n) is 15.8. The van der Waals surface area contributed by atoms with E-state index in [9.17, 15) is 9.18 Å². The lowest BCUT2D eigenvalue weighted by Gasteiger charge is -2.32. The van der Waals surface area contributed by atoms with Crippen molar-refractivity contribution < 1.29 is 9.18 Å². The fourth-order valence-corrected chi connectivity index (χ4v) is 4.48. The summed E-state index contributed by atoms with van der Waals surface area (Å²) in [5.74, 6) is 0.0581. The van der Waals surface area contributed by atoms with Gasteiger partial charge in [0.25, 0.3) is 5.91 Å². The third-order valence-electron chi connectivity index (χ3n) is 5.22. The maximum atomic E-state index is 14.0. The second-order valence-corrected chi connectivity index (χ2v) is 8.03. The molecule has 0 aliphatic carbocycles. The highest BCUT2D eigenvalue weighted by Crippen LogP contribution is 2.28. The van der Waals surface area contributed by atoms with Crippen LogP contribution >= 0.6 is 11.3 Å². The van der Waals surface area contributed by atoms with E-state index >= 15 is 0 Å². The Balaban J connectivity index is 1.50. The number of rotatable bonds is 4. The van der Waals surface area contributed by atoms with Gasteiger partial charge in [0.2, 0.25) is 0 Å². The number of halogens is 1. The Bertz CT molecular complexity index is 987. The lowest BCUT2D eigenvalue weighted by molar-refractivity contribution is 0.0710. The number of piperidine rings is 1. The predicted octanol–water partition coefficient (Wildman–Crippen LogP) is 4.60. The van der Waals surface area contributed by atoms with E-state index in [4.69, 9.17) is 4.98 Å². The second kappa shape index (κ2) is 8.19. The van der Waals surface area contributed by atoms with Gasteiger partial charge in [0.15, 0.2) is 0 Å². The number of likely N-dealkylation sites (tertiary alicyclic amines) is 1. The Morgan fingerprint density at radius 2 is 2.11 bits per heavy atom. The van der Waals surface area contributed by atoms with Gasteiger partial charge in [-0.15, -0.1) is 11.3 Å². The summed E-state index contributed by atoms with van der Waals surface area (Å²) in [5, 5.41) is 0. The van der Waals surface area contributed by atoms with E-state index < -0.39 is 0 Å². The number of benzene rings is 1. The minimum absolute atomic E-state index is 0.0622. The molecule has 0 bridgehead atoms. The molecular weight excluding hydrogens is 373 g/mol. The molecule has 1 aromatic carbocycles. The molecule has 3 heterocycles. The summed E-state index contributed by atoms with van der Waals surface area (Å²) < 4.78 is 14.0. The van der Waals surface area contributed by atoms with Crippen molar-refractivity contribution in [3.63, 3.8) is 0 Å². The second-order valence-electron chi connectivity index (χ2n) is 7.18. The molecule has 144 valence electrons. The molecule has 1 aliphatic rings. The van der Waals surface area contributed by atoms with E-state index in [0.717, 1.165) is 41.3 Å². The summed E-state index contributed by atoms with van der Waals surface area (Å²) in [6.07, 6.45) is 2.42. The van der Waals surface area contributed by atoms with E-state index in [1.54, 1.807) is 17.6 Å². The van der Waals surface area contributed by atoms with Gasteiger partial charge in [-0.3, -0.25) is 9.78 Å². The summed E-state index contributed by atoms with van der Waals surface area (Å²) in [7, 11) is 0. The first-order valence-corrected chi connectivity index (χ1v) is 10.4. The van der Waals surface area contributed by atoms with E-state index in [-0.39, 0.29) is 17.6 Å². The van der Waals surface area contributed by atoms with Crippen LogP contribution in [0.4, 0.5) is 4.39 Å². The number of nitrogens with zero attached hydrogens (tertiary/aromatic N) is 3. The lowest BCUT2D eigenvalue weighted by Crippen LogP contribution is -2.39. The first kappa shape index (κ1) is 18.7. The first-order valence-electron chi connectivity index (χ1n) is 9.50. The number of pyridine rings is 1. The Morgan fingerprint density at radius 1 is 1.25 bits per heavy atom. The Labute approximate surface area is 168 Å². The molecule has 4 nitrogen and oxygen atoms in total. The van der Waals surface area contributed by atoms with Gasteiger partial charge in [0.1, 0.15) is 10.7 Å². The van der Waals surface area contributed by atoms with Gasteiger partial charge in [-0.2, -0.15) is 0 Å². The monoisotopic (exact) mass is 395 g/mol. The zero-order valence-corrected chi connectivity index (χ0v) is 16.6. The molecule has 0 unspecified atom stereocenters. The lowest BCUT2D eigenvalue weighted by atomic mass is 9.93. The van der Waals surface area contributed by atoms with Crippen molar-refractivity contribution in [2.45, 2.75) is 32.1 Å². The molecule has 28 heavy (non-hydrogen) atoms. The molecular formula is C22H22FN3OS. The van der Waals surface area contributed by atoms with Gasteiger partial charge >= 0.3 is 0 Å². The van der Waals surface area contributed by atoms with Crippen LogP contribution < -0.4 is 0 Å². The van der Waals surface area contributed by atoms with Crippen molar-refractivity contribution in [1.29, 1.82) is 0 Å². The average molecular weight is 396 g/mol. The molecule has 1 atom stereocenters. The fraction of sp³-hybridized carbons (Fsp3) is 0.318. The van der Waals surface area contributed by atoms with Gasteiger partial charge < -0.3 is 4.90 Å². The largest absolute Gasteiger partial charge is 0.337 e. The number of carbonyl (C=O) groups excluding carboxylic acids is 1. The molecule has 1 saturated heterocycles. The molecule has 1 aliphatic heterocycles. The smallest absolute Gasteiger partial charge is 0.265 e. The molecule has 3 aromatic rings. The molecule has 1 amide bonds. The fourth-order valence-electron chi connectivity index (χ4n) is 3.71. The van der Waals surface area contributed by atoms with Gasteiger partial charge in [-0.1, -0.05) is 24.3 Å². The van der Waals surface area contributed by atoms with E-state index in [2.05, 4.69) is 4.98 Å². The number of aromatic nitrogens is 2. The van der Waals surface area contributed by atoms with E-state index in [1.807, 2.05) is 36.1 Å². The maximum absolute atomic E-state index is 14.0. The quantitative estimate of drug-likeness (QED) is 0.649. The van der Waals surface area contributed by atoms with Crippen LogP contribution in [0, 0.1) is 12.7 Å². The molecule has 1 fully saturated rings. The molecule has 6 heteroatoms. The summed E-state index contributed by atoms with van der Waals surface area (Å²) in [6, 6.07) is 12.7. The average Bonchev–Trinajstić information content (AvgIpc) is 3.15. The van der Waals surface area contributed by atoms with Crippen LogP contribution in [-0.4, -0.2) is 33.9 Å². The highest BCUT2D eigenvalue weighted by Gasteiger charge is 2.28. The van der Waals surface area contributed by atoms with Crippen molar-refractivity contribution >= 4 is 17.2 Å². The number of aryl methyl sites for hydroxylation is 1. The SMILES string of the molecule is Cc1ncsc1C(=O)N1CCC[C@H](c2cccc(Cc3ccccc3F)n2)C1. The van der Waals surface area contributed by atoms with Crippen molar-refractivity contribution in [3.8, 4) is 0 Å². The van der Waals surface area contributed by atoms with Crippen LogP contribution in [0.5, 0.6) is 0 Å². The van der Waals surface area contributed by atoms with Crippen LogP contribution in [0.3, 0.4) is 0 Å². The van der Waals surface area contributed by atoms with Crippen molar-refractivity contribution in [3.05, 3.63) is 81.3 Å². The predicted molar refractivity (Wildman–Crippen MR) is 108 cm³/mol. The standard InChI is InChI=1S/C22H22FN3OS/c1-15-21(28-14-24-15)22(27)26-11-5-7-17(13-26)20-10-4-8-18(25-20)12-16-6-2-3-9-19(16)23/h2-4,6,8-10,14,17H,5,7,11-13H2,1H3/t17-/m0/s1. The van der Waals surface area contributed by atoms with Crippen LogP contribution in [0.2, 0.25) is 0 Å². The molecule has 0 spiro atoms. The first-order chi connectivity index (χ1) is 13.6. The Hall–Kier alpha value is -2.60. The van der Waals surface area contributed by atoms with Gasteiger partial charge in [-0.05, 0) is 43.5 Å². The van der Waals surface area contributed by atoms with Gasteiger partial charge in [-0.25, -0.2) is 9.37 Å². The summed E-state index contributed by atoms with van der Waals surface area (Å²) in [6.45, 7) is 3.30. The number of hydrogen-bond donors (Lipinski definition) is 0. The third-order valence-corrected chi connectivity index (χ3v) is 6.14. The van der Waals surface area contributed by atoms with E-state index in [1.165, 1.54) is 17.4 Å². The number of hydrogen-bond acceptors (Lipinski definition) is 4. The van der Waals surface area contributed by atoms with Gasteiger partial charge in [0.05, 0.1) is 11.2 Å². The molecule has 0 saturated carbocycles. The highest BCUT2D eigenvalue weighted by molar-refractivity contribution is 7.11. The zero-order chi connectivity index (χ0) is 19.5. The van der Waals surface area contributed by atoms with Crippen molar-refractivity contribution in [2.75, 3.05) is 13.1 Å². The number of thiazole rings is 1. The number of amides is 1. The van der Waals surface area contributed by atoms with E-state index in [0.29, 0.717) is 18.5 Å². The van der Waals surface area contributed by atoms with Crippen LogP contribution in [0.15, 0.2) is 48.0 Å². The summed E-state index contributed by atoms with van der Waals surface area (Å²) >= 11 is 1.40. The normalized spacial score (nSPS) is 16.9. The van der Waals surface area contributed by atoms with Crippen molar-refractivity contribution in [1.82, 2.24) is 14.9 Å². The topological polar surface area (TPSA) is 46.1 Å². The summed E-state index contributed by atoms with van der Waals surface area (Å²) in [4.78, 5) is 24.5. The van der Waals surface area contributed by atoms with Crippen molar-refractivity contribution in [2.24, 2.45) is 0 Å². The highest BCUT2D eigenvalue weighted by atomic mass is 32.1. The minimum Gasteiger partial charge on any atom is -0.337 e. The molecule has 4 rings (SSSR count). The Kier molecular flexibility index (Phi) is 5.48. The van der Waals surface area contributed by atoms with Crippen LogP contribution in [0.25, 0.3) is 0 Å². The third kappa shape index (κ3) is 3.97. The maximum Gasteiger partial charge on any atom is 0.265 e. The van der Waals surface area contributed by atoms with Crippen LogP contribution in [-0.2, 0) is 6.42 Å². The Morgan fingerprint density at radius 3 is 2.89 bits per heavy atom. The summed E-state index contributed by atoms with van der Waals surface area (Å²) in [5.41, 5.74) is 4.99.